The van der Waals surface area contributed by atoms with Gasteiger partial charge in [-0.2, -0.15) is 5.10 Å². The Balaban J connectivity index is 2.57. The molecule has 2 aromatic rings. The summed E-state index contributed by atoms with van der Waals surface area (Å²) in [6.07, 6.45) is 7.38. The fourth-order valence-corrected chi connectivity index (χ4v) is 1.90. The van der Waals surface area contributed by atoms with E-state index in [9.17, 15) is 0 Å². The smallest absolute Gasteiger partial charge is 0.0997 e. The van der Waals surface area contributed by atoms with E-state index in [1.54, 1.807) is 18.3 Å². The molecule has 2 aromatic heterocycles. The molecule has 19 heavy (non-hydrogen) atoms. The van der Waals surface area contributed by atoms with Crippen molar-refractivity contribution in [2.24, 2.45) is 0 Å². The van der Waals surface area contributed by atoms with Gasteiger partial charge >= 0.3 is 0 Å². The van der Waals surface area contributed by atoms with Gasteiger partial charge < -0.3 is 0 Å². The molecule has 2 heterocycles. The highest BCUT2D eigenvalue weighted by atomic mass is 15.1. The van der Waals surface area contributed by atoms with Crippen molar-refractivity contribution >= 4 is 6.08 Å². The third-order valence-corrected chi connectivity index (χ3v) is 2.95. The number of hydrogen-bond acceptors (Lipinski definition) is 2. The van der Waals surface area contributed by atoms with Crippen LogP contribution < -0.4 is 0 Å². The average Bonchev–Trinajstić information content (AvgIpc) is 2.77. The van der Waals surface area contributed by atoms with E-state index >= 15 is 0 Å². The summed E-state index contributed by atoms with van der Waals surface area (Å²) in [4.78, 5) is 4.21. The molecule has 0 bridgehead atoms. The van der Waals surface area contributed by atoms with Crippen molar-refractivity contribution in [1.82, 2.24) is 15.2 Å². The first-order chi connectivity index (χ1) is 9.15. The molecule has 0 aliphatic rings. The van der Waals surface area contributed by atoms with E-state index in [2.05, 4.69) is 28.3 Å². The molecule has 0 fully saturated rings. The second kappa shape index (κ2) is 5.48. The first-order valence-electron chi connectivity index (χ1n) is 6.10. The maximum absolute atomic E-state index is 4.38. The van der Waals surface area contributed by atoms with Crippen molar-refractivity contribution in [2.75, 3.05) is 0 Å². The Morgan fingerprint density at radius 1 is 1.26 bits per heavy atom. The van der Waals surface area contributed by atoms with Gasteiger partial charge in [-0.15, -0.1) is 0 Å². The SMILES string of the molecule is C=CC(C=C)=Cc1c(-c2ccnc(C)c2)n[nH]c1C. The third kappa shape index (κ3) is 2.71. The maximum Gasteiger partial charge on any atom is 0.0997 e. The zero-order valence-corrected chi connectivity index (χ0v) is 11.3. The zero-order chi connectivity index (χ0) is 13.8. The van der Waals surface area contributed by atoms with E-state index in [1.807, 2.05) is 32.1 Å². The van der Waals surface area contributed by atoms with E-state index in [1.165, 1.54) is 0 Å². The van der Waals surface area contributed by atoms with E-state index in [0.717, 1.165) is 33.8 Å². The lowest BCUT2D eigenvalue weighted by Gasteiger charge is -2.02. The van der Waals surface area contributed by atoms with Gasteiger partial charge in [0.25, 0.3) is 0 Å². The first-order valence-corrected chi connectivity index (χ1v) is 6.10. The maximum atomic E-state index is 4.38. The van der Waals surface area contributed by atoms with Crippen LogP contribution in [0.5, 0.6) is 0 Å². The molecule has 0 amide bonds. The summed E-state index contributed by atoms with van der Waals surface area (Å²) < 4.78 is 0. The first kappa shape index (κ1) is 13.0. The van der Waals surface area contributed by atoms with Gasteiger partial charge in [0.1, 0.15) is 0 Å². The standard InChI is InChI=1S/C16H17N3/c1-5-13(6-2)10-15-12(4)18-19-16(15)14-7-8-17-11(3)9-14/h5-10H,1-2H2,3-4H3,(H,18,19). The van der Waals surface area contributed by atoms with Crippen molar-refractivity contribution < 1.29 is 0 Å². The van der Waals surface area contributed by atoms with E-state index in [0.29, 0.717) is 0 Å². The molecule has 3 heteroatoms. The molecule has 2 rings (SSSR count). The summed E-state index contributed by atoms with van der Waals surface area (Å²) >= 11 is 0. The molecule has 0 aromatic carbocycles. The Hall–Kier alpha value is -2.42. The molecule has 0 aliphatic heterocycles. The Bertz CT molecular complexity index is 638. The van der Waals surface area contributed by atoms with Crippen molar-refractivity contribution in [1.29, 1.82) is 0 Å². The van der Waals surface area contributed by atoms with Crippen LogP contribution in [0, 0.1) is 13.8 Å². The minimum atomic E-state index is 0.921. The number of rotatable bonds is 4. The topological polar surface area (TPSA) is 41.6 Å². The van der Waals surface area contributed by atoms with Gasteiger partial charge in [0.2, 0.25) is 0 Å². The lowest BCUT2D eigenvalue weighted by Crippen LogP contribution is -1.86. The Morgan fingerprint density at radius 2 is 2.00 bits per heavy atom. The zero-order valence-electron chi connectivity index (χ0n) is 11.3. The minimum absolute atomic E-state index is 0.921. The third-order valence-electron chi connectivity index (χ3n) is 2.95. The lowest BCUT2D eigenvalue weighted by atomic mass is 10.0. The van der Waals surface area contributed by atoms with Crippen molar-refractivity contribution in [3.05, 3.63) is 66.2 Å². The van der Waals surface area contributed by atoms with Crippen LogP contribution in [0.15, 0.2) is 49.2 Å². The van der Waals surface area contributed by atoms with Crippen LogP contribution in [-0.4, -0.2) is 15.2 Å². The molecule has 0 saturated carbocycles. The molecule has 0 unspecified atom stereocenters. The van der Waals surface area contributed by atoms with Crippen LogP contribution in [0.3, 0.4) is 0 Å². The van der Waals surface area contributed by atoms with Gasteiger partial charge in [-0.25, -0.2) is 0 Å². The van der Waals surface area contributed by atoms with Gasteiger partial charge in [0.05, 0.1) is 5.69 Å². The van der Waals surface area contributed by atoms with Gasteiger partial charge in [0, 0.05) is 28.7 Å². The Morgan fingerprint density at radius 3 is 2.63 bits per heavy atom. The number of nitrogens with one attached hydrogen (secondary N) is 1. The number of aromatic amines is 1. The van der Waals surface area contributed by atoms with Crippen LogP contribution in [0.4, 0.5) is 0 Å². The number of H-pyrrole nitrogens is 1. The second-order valence-electron chi connectivity index (χ2n) is 4.35. The van der Waals surface area contributed by atoms with Crippen LogP contribution in [0.25, 0.3) is 17.3 Å². The molecular weight excluding hydrogens is 234 g/mol. The van der Waals surface area contributed by atoms with Crippen molar-refractivity contribution in [3.8, 4) is 11.3 Å². The quantitative estimate of drug-likeness (QED) is 0.839. The fraction of sp³-hybridized carbons (Fsp3) is 0.125. The summed E-state index contributed by atoms with van der Waals surface area (Å²) in [6.45, 7) is 11.5. The number of nitrogens with zero attached hydrogens (tertiary/aromatic N) is 2. The number of hydrogen-bond donors (Lipinski definition) is 1. The van der Waals surface area contributed by atoms with Crippen LogP contribution in [-0.2, 0) is 0 Å². The van der Waals surface area contributed by atoms with Gasteiger partial charge in [-0.3, -0.25) is 10.1 Å². The highest BCUT2D eigenvalue weighted by Gasteiger charge is 2.10. The molecule has 3 nitrogen and oxygen atoms in total. The Kier molecular flexibility index (Phi) is 3.76. The monoisotopic (exact) mass is 251 g/mol. The van der Waals surface area contributed by atoms with Crippen LogP contribution >= 0.6 is 0 Å². The number of pyridine rings is 1. The van der Waals surface area contributed by atoms with Crippen LogP contribution in [0.1, 0.15) is 17.0 Å². The summed E-state index contributed by atoms with van der Waals surface area (Å²) in [5, 5.41) is 7.41. The summed E-state index contributed by atoms with van der Waals surface area (Å²) in [7, 11) is 0. The van der Waals surface area contributed by atoms with E-state index in [4.69, 9.17) is 0 Å². The highest BCUT2D eigenvalue weighted by Crippen LogP contribution is 2.26. The van der Waals surface area contributed by atoms with Crippen molar-refractivity contribution in [2.45, 2.75) is 13.8 Å². The minimum Gasteiger partial charge on any atom is -0.282 e. The summed E-state index contributed by atoms with van der Waals surface area (Å²) in [5.41, 5.74) is 5.99. The van der Waals surface area contributed by atoms with Gasteiger partial charge in [0.15, 0.2) is 0 Å². The molecule has 0 atom stereocenters. The summed E-state index contributed by atoms with van der Waals surface area (Å²) in [5.74, 6) is 0. The van der Waals surface area contributed by atoms with Gasteiger partial charge in [-0.05, 0) is 37.6 Å². The molecule has 0 spiro atoms. The highest BCUT2D eigenvalue weighted by molar-refractivity contribution is 5.75. The van der Waals surface area contributed by atoms with Crippen molar-refractivity contribution in [3.63, 3.8) is 0 Å². The Labute approximate surface area is 113 Å². The normalized spacial score (nSPS) is 10.0. The summed E-state index contributed by atoms with van der Waals surface area (Å²) in [6, 6.07) is 3.98. The average molecular weight is 251 g/mol. The predicted octanol–water partition coefficient (Wildman–Crippen LogP) is 3.84. The molecule has 96 valence electrons. The number of aromatic nitrogens is 3. The molecule has 0 saturated heterocycles. The van der Waals surface area contributed by atoms with E-state index < -0.39 is 0 Å². The number of aryl methyl sites for hydroxylation is 2. The van der Waals surface area contributed by atoms with E-state index in [-0.39, 0.29) is 0 Å². The second-order valence-corrected chi connectivity index (χ2v) is 4.35. The fourth-order valence-electron chi connectivity index (χ4n) is 1.90. The molecule has 1 N–H and O–H groups in total. The van der Waals surface area contributed by atoms with Gasteiger partial charge in [-0.1, -0.05) is 25.3 Å². The van der Waals surface area contributed by atoms with Crippen LogP contribution in [0.2, 0.25) is 0 Å². The molecule has 0 radical (unpaired) electrons. The predicted molar refractivity (Wildman–Crippen MR) is 79.7 cm³/mol. The molecular formula is C16H17N3. The lowest BCUT2D eigenvalue weighted by molar-refractivity contribution is 1.05. The largest absolute Gasteiger partial charge is 0.282 e. The number of allylic oxidation sites excluding steroid dienone is 3. The molecule has 0 aliphatic carbocycles.